The SMILES string of the molecule is CNC1CCCc2cn(CCC(=O)NC3CC3)cc21. The molecule has 4 nitrogen and oxygen atoms in total. The molecule has 0 radical (unpaired) electrons. The van der Waals surface area contributed by atoms with Gasteiger partial charge in [0.25, 0.3) is 0 Å². The Morgan fingerprint density at radius 3 is 2.95 bits per heavy atom. The van der Waals surface area contributed by atoms with Crippen LogP contribution in [-0.2, 0) is 17.8 Å². The lowest BCUT2D eigenvalue weighted by atomic mass is 9.91. The highest BCUT2D eigenvalue weighted by atomic mass is 16.1. The number of nitrogens with zero attached hydrogens (tertiary/aromatic N) is 1. The summed E-state index contributed by atoms with van der Waals surface area (Å²) in [6.45, 7) is 0.794. The summed E-state index contributed by atoms with van der Waals surface area (Å²) in [5.41, 5.74) is 2.88. The van der Waals surface area contributed by atoms with Crippen LogP contribution in [0.5, 0.6) is 0 Å². The van der Waals surface area contributed by atoms with Crippen molar-refractivity contribution in [2.24, 2.45) is 0 Å². The van der Waals surface area contributed by atoms with Gasteiger partial charge in [-0.25, -0.2) is 0 Å². The minimum atomic E-state index is 0.194. The Morgan fingerprint density at radius 1 is 1.37 bits per heavy atom. The summed E-state index contributed by atoms with van der Waals surface area (Å²) in [4.78, 5) is 11.7. The molecule has 0 aromatic carbocycles. The standard InChI is InChI=1S/C15H23N3O/c1-16-14-4-2-3-11-9-18(10-13(11)14)8-7-15(19)17-12-5-6-12/h9-10,12,14,16H,2-8H2,1H3,(H,17,19). The van der Waals surface area contributed by atoms with Crippen LogP contribution in [0.15, 0.2) is 12.4 Å². The summed E-state index contributed by atoms with van der Waals surface area (Å²) in [6, 6.07) is 0.962. The van der Waals surface area contributed by atoms with Crippen molar-refractivity contribution >= 4 is 5.91 Å². The van der Waals surface area contributed by atoms with Crippen LogP contribution in [-0.4, -0.2) is 23.6 Å². The predicted molar refractivity (Wildman–Crippen MR) is 75.0 cm³/mol. The van der Waals surface area contributed by atoms with Crippen LogP contribution in [0.1, 0.15) is 49.3 Å². The molecule has 2 N–H and O–H groups in total. The first-order valence-corrected chi connectivity index (χ1v) is 7.41. The minimum Gasteiger partial charge on any atom is -0.353 e. The van der Waals surface area contributed by atoms with Gasteiger partial charge in [0.1, 0.15) is 0 Å². The maximum absolute atomic E-state index is 11.7. The van der Waals surface area contributed by atoms with Gasteiger partial charge < -0.3 is 15.2 Å². The molecule has 19 heavy (non-hydrogen) atoms. The molecule has 1 fully saturated rings. The van der Waals surface area contributed by atoms with E-state index in [9.17, 15) is 4.79 Å². The van der Waals surface area contributed by atoms with Gasteiger partial charge in [0.2, 0.25) is 5.91 Å². The predicted octanol–water partition coefficient (Wildman–Crippen LogP) is 1.75. The molecule has 1 saturated carbocycles. The summed E-state index contributed by atoms with van der Waals surface area (Å²) in [7, 11) is 2.03. The molecule has 0 aliphatic heterocycles. The third-order valence-electron chi connectivity index (χ3n) is 4.20. The number of rotatable bonds is 5. The largest absolute Gasteiger partial charge is 0.353 e. The Morgan fingerprint density at radius 2 is 2.21 bits per heavy atom. The molecule has 0 spiro atoms. The fraction of sp³-hybridized carbons (Fsp3) is 0.667. The van der Waals surface area contributed by atoms with Gasteiger partial charge in [-0.15, -0.1) is 0 Å². The van der Waals surface area contributed by atoms with E-state index in [-0.39, 0.29) is 5.91 Å². The van der Waals surface area contributed by atoms with E-state index in [1.807, 2.05) is 7.05 Å². The molecule has 104 valence electrons. The lowest BCUT2D eigenvalue weighted by Gasteiger charge is -2.21. The van der Waals surface area contributed by atoms with Gasteiger partial charge in [0.15, 0.2) is 0 Å². The number of nitrogens with one attached hydrogen (secondary N) is 2. The number of fused-ring (bicyclic) bond motifs is 1. The highest BCUT2D eigenvalue weighted by Crippen LogP contribution is 2.30. The molecule has 2 aliphatic rings. The fourth-order valence-electron chi connectivity index (χ4n) is 2.94. The molecular formula is C15H23N3O. The Hall–Kier alpha value is -1.29. The number of amides is 1. The van der Waals surface area contributed by atoms with Gasteiger partial charge in [-0.05, 0) is 50.3 Å². The zero-order chi connectivity index (χ0) is 13.2. The number of aryl methyl sites for hydroxylation is 2. The summed E-state index contributed by atoms with van der Waals surface area (Å²) >= 11 is 0. The minimum absolute atomic E-state index is 0.194. The smallest absolute Gasteiger partial charge is 0.222 e. The highest BCUT2D eigenvalue weighted by molar-refractivity contribution is 5.76. The first-order chi connectivity index (χ1) is 9.26. The number of carbonyl (C=O) groups is 1. The normalized spacial score (nSPS) is 22.1. The fourth-order valence-corrected chi connectivity index (χ4v) is 2.94. The lowest BCUT2D eigenvalue weighted by Crippen LogP contribution is -2.26. The van der Waals surface area contributed by atoms with E-state index in [1.54, 1.807) is 0 Å². The molecule has 1 amide bonds. The van der Waals surface area contributed by atoms with Crippen LogP contribution in [0.3, 0.4) is 0 Å². The van der Waals surface area contributed by atoms with Crippen LogP contribution in [0.4, 0.5) is 0 Å². The first-order valence-electron chi connectivity index (χ1n) is 7.41. The van der Waals surface area contributed by atoms with Gasteiger partial charge in [0.05, 0.1) is 0 Å². The van der Waals surface area contributed by atoms with Crippen LogP contribution in [0, 0.1) is 0 Å². The summed E-state index contributed by atoms with van der Waals surface area (Å²) in [5, 5.41) is 6.42. The van der Waals surface area contributed by atoms with Gasteiger partial charge in [-0.2, -0.15) is 0 Å². The molecule has 1 unspecified atom stereocenters. The van der Waals surface area contributed by atoms with E-state index < -0.39 is 0 Å². The van der Waals surface area contributed by atoms with Crippen LogP contribution in [0.25, 0.3) is 0 Å². The second-order valence-corrected chi connectivity index (χ2v) is 5.80. The average Bonchev–Trinajstić information content (AvgIpc) is 3.12. The second-order valence-electron chi connectivity index (χ2n) is 5.80. The van der Waals surface area contributed by atoms with E-state index >= 15 is 0 Å². The second kappa shape index (κ2) is 5.37. The Balaban J connectivity index is 1.59. The van der Waals surface area contributed by atoms with Gasteiger partial charge >= 0.3 is 0 Å². The van der Waals surface area contributed by atoms with Crippen LogP contribution in [0.2, 0.25) is 0 Å². The van der Waals surface area contributed by atoms with Gasteiger partial charge in [-0.1, -0.05) is 0 Å². The summed E-state index contributed by atoms with van der Waals surface area (Å²) in [6.07, 6.45) is 11.0. The molecule has 1 aromatic rings. The Labute approximate surface area is 114 Å². The number of carbonyl (C=O) groups excluding carboxylic acids is 1. The Bertz CT molecular complexity index is 462. The molecular weight excluding hydrogens is 238 g/mol. The van der Waals surface area contributed by atoms with Gasteiger partial charge in [-0.3, -0.25) is 4.79 Å². The van der Waals surface area contributed by atoms with Crippen molar-refractivity contribution in [3.05, 3.63) is 23.5 Å². The average molecular weight is 261 g/mol. The molecule has 4 heteroatoms. The first kappa shape index (κ1) is 12.7. The topological polar surface area (TPSA) is 46.1 Å². The molecule has 0 bridgehead atoms. The van der Waals surface area contributed by atoms with Crippen molar-refractivity contribution < 1.29 is 4.79 Å². The number of hydrogen-bond acceptors (Lipinski definition) is 2. The molecule has 1 atom stereocenters. The highest BCUT2D eigenvalue weighted by Gasteiger charge is 2.23. The van der Waals surface area contributed by atoms with Crippen LogP contribution < -0.4 is 10.6 Å². The summed E-state index contributed by atoms with van der Waals surface area (Å²) in [5.74, 6) is 0.194. The zero-order valence-electron chi connectivity index (χ0n) is 11.6. The van der Waals surface area contributed by atoms with E-state index in [0.29, 0.717) is 18.5 Å². The van der Waals surface area contributed by atoms with Crippen molar-refractivity contribution in [1.29, 1.82) is 0 Å². The Kier molecular flexibility index (Phi) is 3.60. The van der Waals surface area contributed by atoms with E-state index in [0.717, 1.165) is 19.4 Å². The lowest BCUT2D eigenvalue weighted by molar-refractivity contribution is -0.121. The van der Waals surface area contributed by atoms with E-state index in [4.69, 9.17) is 0 Å². The van der Waals surface area contributed by atoms with Crippen molar-refractivity contribution in [3.8, 4) is 0 Å². The number of aromatic nitrogens is 1. The molecule has 1 heterocycles. The molecule has 3 rings (SSSR count). The number of hydrogen-bond donors (Lipinski definition) is 2. The zero-order valence-corrected chi connectivity index (χ0v) is 11.6. The van der Waals surface area contributed by atoms with Crippen LogP contribution >= 0.6 is 0 Å². The van der Waals surface area contributed by atoms with E-state index in [2.05, 4.69) is 27.6 Å². The third kappa shape index (κ3) is 3.00. The maximum Gasteiger partial charge on any atom is 0.222 e. The molecule has 0 saturated heterocycles. The third-order valence-corrected chi connectivity index (χ3v) is 4.20. The van der Waals surface area contributed by atoms with Crippen molar-refractivity contribution in [2.45, 2.75) is 57.2 Å². The van der Waals surface area contributed by atoms with Crippen molar-refractivity contribution in [2.75, 3.05) is 7.05 Å². The monoisotopic (exact) mass is 261 g/mol. The van der Waals surface area contributed by atoms with Gasteiger partial charge in [0, 0.05) is 37.4 Å². The molecule has 1 aromatic heterocycles. The van der Waals surface area contributed by atoms with Crippen molar-refractivity contribution in [1.82, 2.24) is 15.2 Å². The molecule has 2 aliphatic carbocycles. The van der Waals surface area contributed by atoms with E-state index in [1.165, 1.54) is 30.4 Å². The maximum atomic E-state index is 11.7. The van der Waals surface area contributed by atoms with Crippen molar-refractivity contribution in [3.63, 3.8) is 0 Å². The quantitative estimate of drug-likeness (QED) is 0.848. The summed E-state index contributed by atoms with van der Waals surface area (Å²) < 4.78 is 2.19.